The molecule has 0 aromatic carbocycles. The highest BCUT2D eigenvalue weighted by molar-refractivity contribution is 6.01. The van der Waals surface area contributed by atoms with Crippen molar-refractivity contribution in [2.45, 2.75) is 193 Å². The molecule has 1 amide bonds. The molecule has 55 heavy (non-hydrogen) atoms. The van der Waals surface area contributed by atoms with Gasteiger partial charge in [0.05, 0.1) is 53.7 Å². The number of aliphatic hydroxyl groups excluding tert-OH is 1. The van der Waals surface area contributed by atoms with Crippen LogP contribution in [0.4, 0.5) is 0 Å². The van der Waals surface area contributed by atoms with Crippen LogP contribution in [0, 0.1) is 41.4 Å². The largest absolute Gasteiger partial charge is 0.410 e. The molecule has 0 saturated carbocycles. The summed E-state index contributed by atoms with van der Waals surface area (Å²) in [6.45, 7) is 19.6. The third kappa shape index (κ3) is 8.20. The topological polar surface area (TPSA) is 186 Å². The molecule has 5 heterocycles. The second kappa shape index (κ2) is 17.1. The summed E-state index contributed by atoms with van der Waals surface area (Å²) in [6, 6.07) is 0. The molecular formula is C42H70N2O11. The van der Waals surface area contributed by atoms with Crippen molar-refractivity contribution < 1.29 is 53.9 Å². The molecule has 2 spiro atoms. The Morgan fingerprint density at radius 2 is 1.64 bits per heavy atom. The monoisotopic (exact) mass is 778 g/mol. The van der Waals surface area contributed by atoms with Crippen molar-refractivity contribution in [3.05, 3.63) is 12.2 Å². The van der Waals surface area contributed by atoms with Gasteiger partial charge in [0.1, 0.15) is 11.5 Å². The van der Waals surface area contributed by atoms with Crippen molar-refractivity contribution in [1.29, 1.82) is 0 Å². The maximum atomic E-state index is 14.5. The number of amides is 1. The van der Waals surface area contributed by atoms with E-state index in [9.17, 15) is 30.2 Å². The molecular weight excluding hydrogens is 708 g/mol. The number of rotatable bonds is 12. The van der Waals surface area contributed by atoms with Crippen molar-refractivity contribution in [2.24, 2.45) is 46.6 Å². The molecule has 13 nitrogen and oxygen atoms in total. The van der Waals surface area contributed by atoms with Crippen molar-refractivity contribution >= 4 is 17.4 Å². The number of ketones is 1. The van der Waals surface area contributed by atoms with E-state index >= 15 is 0 Å². The lowest BCUT2D eigenvalue weighted by atomic mass is 9.72. The molecule has 3 unspecified atom stereocenters. The summed E-state index contributed by atoms with van der Waals surface area (Å²) in [4.78, 5) is 26.9. The number of hydrogen-bond donors (Lipinski definition) is 5. The van der Waals surface area contributed by atoms with Crippen LogP contribution in [0.2, 0.25) is 0 Å². The fourth-order valence-corrected chi connectivity index (χ4v) is 10.6. The molecule has 314 valence electrons. The van der Waals surface area contributed by atoms with Crippen LogP contribution in [0.1, 0.15) is 133 Å². The Labute approximate surface area is 327 Å². The summed E-state index contributed by atoms with van der Waals surface area (Å²) in [6.07, 6.45) is 6.37. The van der Waals surface area contributed by atoms with E-state index in [4.69, 9.17) is 23.7 Å². The van der Waals surface area contributed by atoms with Crippen LogP contribution in [-0.2, 0) is 33.3 Å². The normalized spacial score (nSPS) is 44.3. The van der Waals surface area contributed by atoms with Gasteiger partial charge in [0, 0.05) is 30.1 Å². The van der Waals surface area contributed by atoms with Crippen molar-refractivity contribution in [3.63, 3.8) is 0 Å². The van der Waals surface area contributed by atoms with Gasteiger partial charge in [-0.1, -0.05) is 60.5 Å². The molecule has 4 saturated heterocycles. The summed E-state index contributed by atoms with van der Waals surface area (Å²) in [7, 11) is 0. The zero-order chi connectivity index (χ0) is 40.7. The van der Waals surface area contributed by atoms with E-state index in [2.05, 4.69) is 25.9 Å². The maximum absolute atomic E-state index is 14.5. The average Bonchev–Trinajstić information content (AvgIpc) is 3.51. The SMILES string of the molecule is CCC(C(=O)NO)C1CC[C@H](C)C([C@@H](C)[C@H](O)[C@H](C)C(=O)[C@H](CC)[C@H]2O[C@]3(C=C/C(=N\O)[C@]4(CC[C@@](C)([C@H]5CC[C@](O)(CC)[C@H](C)O5)O4)O3)[C@H](C)C[C@@H]2C)O1. The van der Waals surface area contributed by atoms with Gasteiger partial charge in [-0.3, -0.25) is 14.8 Å². The predicted octanol–water partition coefficient (Wildman–Crippen LogP) is 6.08. The summed E-state index contributed by atoms with van der Waals surface area (Å²) >= 11 is 0. The number of nitrogens with zero attached hydrogens (tertiary/aromatic N) is 1. The molecule has 5 N–H and O–H groups in total. The van der Waals surface area contributed by atoms with Crippen LogP contribution in [0.25, 0.3) is 0 Å². The number of carbonyl (C=O) groups is 2. The highest BCUT2D eigenvalue weighted by atomic mass is 16.8. The van der Waals surface area contributed by atoms with Gasteiger partial charge in [-0.15, -0.1) is 0 Å². The number of carbonyl (C=O) groups excluding carboxylic acids is 2. The third-order valence-corrected chi connectivity index (χ3v) is 14.6. The molecule has 5 aliphatic rings. The average molecular weight is 779 g/mol. The number of aliphatic hydroxyl groups is 2. The molecule has 17 atom stereocenters. The van der Waals surface area contributed by atoms with Crippen LogP contribution in [0.3, 0.4) is 0 Å². The van der Waals surface area contributed by atoms with Gasteiger partial charge in [-0.25, -0.2) is 5.48 Å². The van der Waals surface area contributed by atoms with Gasteiger partial charge in [0.15, 0.2) is 5.79 Å². The quantitative estimate of drug-likeness (QED) is 0.0879. The van der Waals surface area contributed by atoms with Crippen LogP contribution in [0.15, 0.2) is 17.3 Å². The lowest BCUT2D eigenvalue weighted by Gasteiger charge is -2.53. The molecule has 4 fully saturated rings. The van der Waals surface area contributed by atoms with E-state index in [-0.39, 0.29) is 47.6 Å². The van der Waals surface area contributed by atoms with Crippen molar-refractivity contribution in [1.82, 2.24) is 5.48 Å². The zero-order valence-electron chi connectivity index (χ0n) is 34.8. The Morgan fingerprint density at radius 3 is 2.24 bits per heavy atom. The molecule has 13 heteroatoms. The van der Waals surface area contributed by atoms with E-state index in [0.29, 0.717) is 57.8 Å². The molecule has 5 rings (SSSR count). The Kier molecular flexibility index (Phi) is 13.7. The number of hydrogen-bond acceptors (Lipinski definition) is 12. The van der Waals surface area contributed by atoms with E-state index in [1.165, 1.54) is 0 Å². The van der Waals surface area contributed by atoms with E-state index < -0.39 is 70.7 Å². The van der Waals surface area contributed by atoms with E-state index in [1.807, 2.05) is 41.5 Å². The van der Waals surface area contributed by atoms with Crippen molar-refractivity contribution in [2.75, 3.05) is 0 Å². The molecule has 0 aliphatic carbocycles. The first-order valence-corrected chi connectivity index (χ1v) is 21.1. The van der Waals surface area contributed by atoms with Crippen molar-refractivity contribution in [3.8, 4) is 0 Å². The summed E-state index contributed by atoms with van der Waals surface area (Å²) in [5.74, 6) is -5.51. The van der Waals surface area contributed by atoms with Gasteiger partial charge < -0.3 is 39.1 Å². The summed E-state index contributed by atoms with van der Waals surface area (Å²) in [5.41, 5.74) is 0.322. The Morgan fingerprint density at radius 1 is 0.945 bits per heavy atom. The Bertz CT molecular complexity index is 1430. The number of oxime groups is 1. The standard InChI is InChI=1S/C42H70N2O11/c1-11-29(38(47)44-50)31-15-14-23(4)36(52-31)27(8)34(45)26(7)35(46)30(12-2)37-24(5)22-25(6)41(53-37)19-16-32(43-49)42(55-41)21-20-39(10,54-42)33-17-18-40(48,13-3)28(9)51-33/h16,19,23-31,33-34,36-37,45,48-50H,11-15,17-18,20-22H2,1-10H3,(H,44,47)/b43-32+/t23-,24-,25+,26-,27-,28-,29?,30-,31?,33+,34+,36?,37-,39-,40+,41-,42-/m0/s1. The first-order valence-electron chi connectivity index (χ1n) is 21.1. The van der Waals surface area contributed by atoms with Crippen LogP contribution in [0.5, 0.6) is 0 Å². The smallest absolute Gasteiger partial charge is 0.249 e. The molecule has 5 aliphatic heterocycles. The second-order valence-electron chi connectivity index (χ2n) is 18.0. The van der Waals surface area contributed by atoms with E-state index in [1.54, 1.807) is 24.6 Å². The van der Waals surface area contributed by atoms with Gasteiger partial charge in [-0.05, 0) is 95.6 Å². The molecule has 0 bridgehead atoms. The minimum absolute atomic E-state index is 0.00698. The number of nitrogens with one attached hydrogen (secondary N) is 1. The van der Waals surface area contributed by atoms with Gasteiger partial charge in [0.2, 0.25) is 11.7 Å². The first kappa shape index (κ1) is 44.1. The fourth-order valence-electron chi connectivity index (χ4n) is 10.6. The fraction of sp³-hybridized carbons (Fsp3) is 0.881. The Balaban J connectivity index is 1.33. The van der Waals surface area contributed by atoms with Gasteiger partial charge in [-0.2, -0.15) is 0 Å². The van der Waals surface area contributed by atoms with E-state index in [0.717, 1.165) is 6.42 Å². The molecule has 0 radical (unpaired) electrons. The lowest BCUT2D eigenvalue weighted by Crippen LogP contribution is -2.62. The zero-order valence-corrected chi connectivity index (χ0v) is 34.8. The van der Waals surface area contributed by atoms with Crippen LogP contribution < -0.4 is 5.48 Å². The van der Waals surface area contributed by atoms with Gasteiger partial charge in [0.25, 0.3) is 0 Å². The molecule has 0 aromatic rings. The maximum Gasteiger partial charge on any atom is 0.249 e. The third-order valence-electron chi connectivity index (χ3n) is 14.6. The van der Waals surface area contributed by atoms with Gasteiger partial charge >= 0.3 is 0 Å². The highest BCUT2D eigenvalue weighted by Crippen LogP contribution is 2.53. The first-order chi connectivity index (χ1) is 25.9. The Hall–Kier alpha value is -1.97. The predicted molar refractivity (Wildman–Crippen MR) is 204 cm³/mol. The minimum atomic E-state index is -1.42. The number of Topliss-reactive ketones (excluding diaryl/α,β-unsaturated/α-hetero) is 1. The summed E-state index contributed by atoms with van der Waals surface area (Å²) in [5, 5.41) is 46.0. The summed E-state index contributed by atoms with van der Waals surface area (Å²) < 4.78 is 33.7. The second-order valence-corrected chi connectivity index (χ2v) is 18.0. The molecule has 0 aromatic heterocycles. The lowest BCUT2D eigenvalue weighted by molar-refractivity contribution is -0.371. The minimum Gasteiger partial charge on any atom is -0.410 e. The highest BCUT2D eigenvalue weighted by Gasteiger charge is 2.63. The number of ether oxygens (including phenoxy) is 5. The van der Waals surface area contributed by atoms with Crippen LogP contribution >= 0.6 is 0 Å². The van der Waals surface area contributed by atoms with Crippen LogP contribution in [-0.4, -0.2) is 97.4 Å². The number of hydroxylamine groups is 1.